The lowest BCUT2D eigenvalue weighted by atomic mass is 10.2. The first-order chi connectivity index (χ1) is 9.79. The van der Waals surface area contributed by atoms with E-state index in [-0.39, 0.29) is 11.7 Å². The lowest BCUT2D eigenvalue weighted by Crippen LogP contribution is -2.28. The molecule has 0 saturated heterocycles. The molecule has 0 aliphatic rings. The van der Waals surface area contributed by atoms with Gasteiger partial charge in [-0.05, 0) is 0 Å². The summed E-state index contributed by atoms with van der Waals surface area (Å²) in [4.78, 5) is 15.7. The van der Waals surface area contributed by atoms with Crippen LogP contribution in [0.1, 0.15) is 0 Å². The van der Waals surface area contributed by atoms with Gasteiger partial charge < -0.3 is 14.6 Å². The van der Waals surface area contributed by atoms with E-state index in [1.54, 1.807) is 7.11 Å². The van der Waals surface area contributed by atoms with Gasteiger partial charge in [0.25, 0.3) is 5.22 Å². The van der Waals surface area contributed by atoms with Crippen molar-refractivity contribution in [1.82, 2.24) is 15.5 Å². The van der Waals surface area contributed by atoms with E-state index in [0.29, 0.717) is 24.2 Å². The van der Waals surface area contributed by atoms with E-state index < -0.39 is 0 Å². The molecule has 0 radical (unpaired) electrons. The normalized spacial score (nSPS) is 10.4. The molecular formula is C13H15N3O3S. The summed E-state index contributed by atoms with van der Waals surface area (Å²) in [5, 5.41) is 6.98. The van der Waals surface area contributed by atoms with E-state index in [2.05, 4.69) is 15.5 Å². The van der Waals surface area contributed by atoms with Gasteiger partial charge in [0, 0.05) is 19.2 Å². The predicted octanol–water partition coefficient (Wildman–Crippen LogP) is 1.59. The van der Waals surface area contributed by atoms with Gasteiger partial charge in [0.1, 0.15) is 0 Å². The molecule has 0 spiro atoms. The maximum atomic E-state index is 11.5. The molecule has 106 valence electrons. The first kappa shape index (κ1) is 14.5. The van der Waals surface area contributed by atoms with Crippen LogP contribution in [0.3, 0.4) is 0 Å². The summed E-state index contributed by atoms with van der Waals surface area (Å²) in [6.45, 7) is 0.990. The molecule has 1 heterocycles. The number of amides is 1. The maximum absolute atomic E-state index is 11.5. The van der Waals surface area contributed by atoms with Crippen molar-refractivity contribution in [3.05, 3.63) is 30.3 Å². The van der Waals surface area contributed by atoms with Gasteiger partial charge in [0.05, 0.1) is 12.4 Å². The van der Waals surface area contributed by atoms with Crippen molar-refractivity contribution in [2.24, 2.45) is 0 Å². The molecule has 2 aromatic rings. The fourth-order valence-corrected chi connectivity index (χ4v) is 2.04. The van der Waals surface area contributed by atoms with Crippen LogP contribution in [0.5, 0.6) is 0 Å². The molecule has 2 rings (SSSR count). The number of methoxy groups -OCH3 is 1. The molecule has 20 heavy (non-hydrogen) atoms. The molecule has 1 aromatic heterocycles. The van der Waals surface area contributed by atoms with Gasteiger partial charge in [-0.25, -0.2) is 0 Å². The lowest BCUT2D eigenvalue weighted by molar-refractivity contribution is -0.118. The molecule has 1 N–H and O–H groups in total. The molecule has 0 bridgehead atoms. The molecule has 0 atom stereocenters. The van der Waals surface area contributed by atoms with Gasteiger partial charge in [-0.2, -0.15) is 4.98 Å². The van der Waals surface area contributed by atoms with Crippen molar-refractivity contribution in [3.8, 4) is 11.4 Å². The Bertz CT molecular complexity index is 545. The van der Waals surface area contributed by atoms with Gasteiger partial charge in [-0.1, -0.05) is 47.3 Å². The highest BCUT2D eigenvalue weighted by molar-refractivity contribution is 7.99. The fraction of sp³-hybridized carbons (Fsp3) is 0.308. The average molecular weight is 293 g/mol. The number of ether oxygens (including phenoxy) is 1. The molecule has 0 unspecified atom stereocenters. The zero-order valence-electron chi connectivity index (χ0n) is 11.0. The lowest BCUT2D eigenvalue weighted by Gasteiger charge is -2.01. The Balaban J connectivity index is 1.83. The van der Waals surface area contributed by atoms with Crippen molar-refractivity contribution < 1.29 is 14.1 Å². The zero-order valence-corrected chi connectivity index (χ0v) is 11.9. The van der Waals surface area contributed by atoms with Crippen molar-refractivity contribution >= 4 is 17.7 Å². The Labute approximate surface area is 120 Å². The van der Waals surface area contributed by atoms with Crippen LogP contribution in [0.2, 0.25) is 0 Å². The number of carbonyl (C=O) groups excluding carboxylic acids is 1. The number of hydrogen-bond donors (Lipinski definition) is 1. The number of carbonyl (C=O) groups is 1. The van der Waals surface area contributed by atoms with Crippen LogP contribution in [0.25, 0.3) is 11.4 Å². The Morgan fingerprint density at radius 1 is 1.40 bits per heavy atom. The fourth-order valence-electron chi connectivity index (χ4n) is 1.44. The highest BCUT2D eigenvalue weighted by Gasteiger charge is 2.10. The highest BCUT2D eigenvalue weighted by atomic mass is 32.2. The average Bonchev–Trinajstić information content (AvgIpc) is 2.95. The van der Waals surface area contributed by atoms with Gasteiger partial charge in [0.15, 0.2) is 0 Å². The zero-order chi connectivity index (χ0) is 14.2. The molecule has 6 nitrogen and oxygen atoms in total. The Morgan fingerprint density at radius 3 is 2.95 bits per heavy atom. The largest absolute Gasteiger partial charge is 0.383 e. The SMILES string of the molecule is COCCNC(=O)CSc1nc(-c2ccccc2)no1. The number of nitrogens with one attached hydrogen (secondary N) is 1. The van der Waals surface area contributed by atoms with E-state index in [0.717, 1.165) is 5.56 Å². The predicted molar refractivity (Wildman–Crippen MR) is 75.3 cm³/mol. The summed E-state index contributed by atoms with van der Waals surface area (Å²) in [5.41, 5.74) is 0.882. The highest BCUT2D eigenvalue weighted by Crippen LogP contribution is 2.20. The van der Waals surface area contributed by atoms with E-state index in [1.165, 1.54) is 11.8 Å². The topological polar surface area (TPSA) is 77.2 Å². The number of benzene rings is 1. The summed E-state index contributed by atoms with van der Waals surface area (Å²) in [5.74, 6) is 0.666. The van der Waals surface area contributed by atoms with Gasteiger partial charge in [-0.3, -0.25) is 4.79 Å². The van der Waals surface area contributed by atoms with Crippen molar-refractivity contribution in [2.75, 3.05) is 26.0 Å². The standard InChI is InChI=1S/C13H15N3O3S/c1-18-8-7-14-11(17)9-20-13-15-12(16-19-13)10-5-3-2-4-6-10/h2-6H,7-9H2,1H3,(H,14,17). The second-order valence-electron chi connectivity index (χ2n) is 3.88. The Hall–Kier alpha value is -1.86. The van der Waals surface area contributed by atoms with Crippen molar-refractivity contribution in [3.63, 3.8) is 0 Å². The third-order valence-corrected chi connectivity index (χ3v) is 3.21. The number of hydrogen-bond acceptors (Lipinski definition) is 6. The summed E-state index contributed by atoms with van der Waals surface area (Å²) in [6, 6.07) is 9.53. The van der Waals surface area contributed by atoms with Crippen LogP contribution < -0.4 is 5.32 Å². The summed E-state index contributed by atoms with van der Waals surface area (Å²) >= 11 is 1.21. The quantitative estimate of drug-likeness (QED) is 0.617. The van der Waals surface area contributed by atoms with Crippen LogP contribution >= 0.6 is 11.8 Å². The smallest absolute Gasteiger partial charge is 0.286 e. The number of nitrogens with zero attached hydrogens (tertiary/aromatic N) is 2. The van der Waals surface area contributed by atoms with Gasteiger partial charge in [-0.15, -0.1) is 0 Å². The van der Waals surface area contributed by atoms with Crippen LogP contribution in [-0.2, 0) is 9.53 Å². The molecule has 0 saturated carbocycles. The third-order valence-electron chi connectivity index (χ3n) is 2.39. The minimum Gasteiger partial charge on any atom is -0.383 e. The van der Waals surface area contributed by atoms with E-state index >= 15 is 0 Å². The monoisotopic (exact) mass is 293 g/mol. The first-order valence-electron chi connectivity index (χ1n) is 6.07. The molecule has 7 heteroatoms. The molecule has 0 aliphatic heterocycles. The Morgan fingerprint density at radius 2 is 2.20 bits per heavy atom. The Kier molecular flexibility index (Phi) is 5.57. The number of rotatable bonds is 7. The number of aromatic nitrogens is 2. The minimum atomic E-state index is -0.0912. The van der Waals surface area contributed by atoms with Crippen LogP contribution in [-0.4, -0.2) is 42.1 Å². The number of thioether (sulfide) groups is 1. The van der Waals surface area contributed by atoms with E-state index in [9.17, 15) is 4.79 Å². The molecule has 1 aromatic carbocycles. The van der Waals surface area contributed by atoms with Crippen LogP contribution in [0.4, 0.5) is 0 Å². The van der Waals surface area contributed by atoms with E-state index in [1.807, 2.05) is 30.3 Å². The molecule has 0 aliphatic carbocycles. The molecule has 1 amide bonds. The van der Waals surface area contributed by atoms with E-state index in [4.69, 9.17) is 9.26 Å². The first-order valence-corrected chi connectivity index (χ1v) is 7.05. The minimum absolute atomic E-state index is 0.0912. The van der Waals surface area contributed by atoms with Crippen LogP contribution in [0.15, 0.2) is 40.1 Å². The molecule has 0 fully saturated rings. The van der Waals surface area contributed by atoms with Crippen LogP contribution in [0, 0.1) is 0 Å². The molecular weight excluding hydrogens is 278 g/mol. The van der Waals surface area contributed by atoms with Gasteiger partial charge >= 0.3 is 0 Å². The van der Waals surface area contributed by atoms with Crippen molar-refractivity contribution in [2.45, 2.75) is 5.22 Å². The van der Waals surface area contributed by atoms with Gasteiger partial charge in [0.2, 0.25) is 11.7 Å². The second-order valence-corrected chi connectivity index (χ2v) is 4.81. The second kappa shape index (κ2) is 7.66. The maximum Gasteiger partial charge on any atom is 0.286 e. The van der Waals surface area contributed by atoms with Crippen molar-refractivity contribution in [1.29, 1.82) is 0 Å². The summed E-state index contributed by atoms with van der Waals surface area (Å²) < 4.78 is 9.94. The third kappa shape index (κ3) is 4.36. The summed E-state index contributed by atoms with van der Waals surface area (Å²) in [6.07, 6.45) is 0. The summed E-state index contributed by atoms with van der Waals surface area (Å²) in [7, 11) is 1.59.